The Morgan fingerprint density at radius 1 is 0.676 bits per heavy atom. The second-order valence-corrected chi connectivity index (χ2v) is 22.1. The zero-order chi connectivity index (χ0) is 24.4. The van der Waals surface area contributed by atoms with Crippen LogP contribution in [0.4, 0.5) is 0 Å². The molecule has 0 saturated heterocycles. The van der Waals surface area contributed by atoms with Gasteiger partial charge in [-0.25, -0.2) is 11.3 Å². The first-order valence-electron chi connectivity index (χ1n) is 11.3. The van der Waals surface area contributed by atoms with E-state index in [2.05, 4.69) is 111 Å². The van der Waals surface area contributed by atoms with Gasteiger partial charge in [-0.3, -0.25) is 0 Å². The Kier molecular flexibility index (Phi) is 10.5. The van der Waals surface area contributed by atoms with Crippen molar-refractivity contribution in [1.29, 1.82) is 0 Å². The largest absolute Gasteiger partial charge is 0.168 e. The van der Waals surface area contributed by atoms with Gasteiger partial charge in [0, 0.05) is 8.07 Å². The molecule has 0 spiro atoms. The van der Waals surface area contributed by atoms with E-state index in [-0.39, 0.29) is 0 Å². The minimum absolute atomic E-state index is 0.981. The molecule has 174 valence electrons. The van der Waals surface area contributed by atoms with Gasteiger partial charge in [0.2, 0.25) is 0 Å². The maximum Gasteiger partial charge on any atom is -0.0809 e. The minimum atomic E-state index is -2.44. The average molecular weight is 581 g/mol. The standard InChI is InChI=1S/C13H10.C9H7.C8H13Si.2ClH.Zr/c1-3-7-12(8-4-1)11-13-9-5-2-6-10-13;1-2-5-9-7-3-6-8(9)4-1;1-9(2,3)8-6-4-5-7-8;;;/h1-10H;1-7H;4-7H,1-3H3;2*1H;/q;2*-1;;;+2/p-2. The Bertz CT molecular complexity index is 1210. The molecule has 0 amide bonds. The Balaban J connectivity index is 0.000000153. The van der Waals surface area contributed by atoms with E-state index in [0.717, 1.165) is 14.3 Å². The number of rotatable bonds is 3. The van der Waals surface area contributed by atoms with E-state index in [1.54, 1.807) is 5.19 Å². The number of hydrogen-bond donors (Lipinski definition) is 0. The maximum atomic E-state index is 6.24. The van der Waals surface area contributed by atoms with Crippen LogP contribution in [0.25, 0.3) is 10.8 Å². The summed E-state index contributed by atoms with van der Waals surface area (Å²) in [6, 6.07) is 43.7. The molecular weight excluding hydrogens is 551 g/mol. The molecule has 0 N–H and O–H groups in total. The van der Waals surface area contributed by atoms with Crippen LogP contribution in [0, 0.1) is 0 Å². The quantitative estimate of drug-likeness (QED) is 0.148. The molecule has 0 aliphatic heterocycles. The van der Waals surface area contributed by atoms with Gasteiger partial charge in [-0.2, -0.15) is 35.7 Å². The summed E-state index contributed by atoms with van der Waals surface area (Å²) in [5, 5.41) is 4.22. The van der Waals surface area contributed by atoms with Crippen molar-refractivity contribution < 1.29 is 18.9 Å². The zero-order valence-electron chi connectivity index (χ0n) is 19.9. The molecule has 0 heterocycles. The molecule has 0 fully saturated rings. The molecule has 0 radical (unpaired) electrons. The molecule has 0 bridgehead atoms. The van der Waals surface area contributed by atoms with Gasteiger partial charge in [0.25, 0.3) is 0 Å². The summed E-state index contributed by atoms with van der Waals surface area (Å²) in [4.78, 5) is 0. The zero-order valence-corrected chi connectivity index (χ0v) is 24.9. The summed E-state index contributed by atoms with van der Waals surface area (Å²) in [5.74, 6) is 0. The average Bonchev–Trinajstić information content (AvgIpc) is 3.54. The van der Waals surface area contributed by atoms with Gasteiger partial charge in [0.15, 0.2) is 0 Å². The monoisotopic (exact) mass is 578 g/mol. The topological polar surface area (TPSA) is 0 Å². The van der Waals surface area contributed by atoms with Crippen LogP contribution in [-0.4, -0.2) is 11.3 Å². The molecule has 0 aliphatic carbocycles. The van der Waals surface area contributed by atoms with Crippen LogP contribution in [0.15, 0.2) is 127 Å². The molecule has 0 atom stereocenters. The summed E-state index contributed by atoms with van der Waals surface area (Å²) in [5.41, 5.74) is 2.29. The molecule has 0 nitrogen and oxygen atoms in total. The summed E-state index contributed by atoms with van der Waals surface area (Å²) in [7, 11) is 11.5. The minimum Gasteiger partial charge on any atom is -0.168 e. The van der Waals surface area contributed by atoms with E-state index in [0.29, 0.717) is 0 Å². The van der Waals surface area contributed by atoms with Crippen molar-refractivity contribution in [2.24, 2.45) is 0 Å². The van der Waals surface area contributed by atoms with Gasteiger partial charge in [0.1, 0.15) is 0 Å². The fourth-order valence-electron chi connectivity index (χ4n) is 3.54. The summed E-state index contributed by atoms with van der Waals surface area (Å²) in [6.07, 6.45) is 0. The van der Waals surface area contributed by atoms with Crippen molar-refractivity contribution in [3.8, 4) is 0 Å². The smallest absolute Gasteiger partial charge is 0.0809 e. The van der Waals surface area contributed by atoms with Crippen LogP contribution in [0.1, 0.15) is 11.1 Å². The first-order chi connectivity index (χ1) is 16.4. The third kappa shape index (κ3) is 8.14. The molecule has 5 aromatic carbocycles. The first kappa shape index (κ1) is 26.8. The molecule has 5 rings (SSSR count). The van der Waals surface area contributed by atoms with Crippen molar-refractivity contribution in [1.82, 2.24) is 0 Å². The van der Waals surface area contributed by atoms with E-state index in [1.807, 2.05) is 36.4 Å². The maximum absolute atomic E-state index is 6.24. The molecule has 0 unspecified atom stereocenters. The third-order valence-electron chi connectivity index (χ3n) is 5.39. The van der Waals surface area contributed by atoms with Crippen LogP contribution in [0.2, 0.25) is 19.6 Å². The van der Waals surface area contributed by atoms with E-state index >= 15 is 0 Å². The van der Waals surface area contributed by atoms with Gasteiger partial charge in [0.05, 0.1) is 0 Å². The van der Waals surface area contributed by atoms with Gasteiger partial charge >= 0.3 is 111 Å². The van der Waals surface area contributed by atoms with E-state index < -0.39 is 27.0 Å². The Morgan fingerprint density at radius 2 is 1.24 bits per heavy atom. The second kappa shape index (κ2) is 13.3. The summed E-state index contributed by atoms with van der Waals surface area (Å²) < 4.78 is 1.15. The fraction of sp³-hybridized carbons (Fsp3) is 0.100. The molecule has 5 aromatic rings. The van der Waals surface area contributed by atoms with E-state index in [4.69, 9.17) is 17.0 Å². The number of fused-ring (bicyclic) bond motifs is 1. The van der Waals surface area contributed by atoms with Crippen LogP contribution in [0.5, 0.6) is 0 Å². The van der Waals surface area contributed by atoms with Crippen molar-refractivity contribution in [2.75, 3.05) is 0 Å². The number of hydrogen-bond acceptors (Lipinski definition) is 0. The van der Waals surface area contributed by atoms with E-state index in [9.17, 15) is 0 Å². The SMILES string of the molecule is C[Si](C)(C)c1cc[cH-]c1.[Cl][Zr]([Cl])=[C](c1ccccc1)c1ccccc1.c1ccc2[cH-]ccc2c1. The van der Waals surface area contributed by atoms with Crippen LogP contribution in [0.3, 0.4) is 0 Å². The first-order valence-corrected chi connectivity index (χ1v) is 22.4. The summed E-state index contributed by atoms with van der Waals surface area (Å²) >= 11 is -2.44. The van der Waals surface area contributed by atoms with Crippen molar-refractivity contribution >= 4 is 44.3 Å². The Labute approximate surface area is 219 Å². The van der Waals surface area contributed by atoms with Crippen molar-refractivity contribution in [3.05, 3.63) is 139 Å². The van der Waals surface area contributed by atoms with Crippen LogP contribution >= 0.6 is 17.0 Å². The molecule has 4 heteroatoms. The van der Waals surface area contributed by atoms with Gasteiger partial charge in [-0.05, 0) is 0 Å². The predicted molar refractivity (Wildman–Crippen MR) is 152 cm³/mol. The van der Waals surface area contributed by atoms with Crippen molar-refractivity contribution in [2.45, 2.75) is 19.6 Å². The number of halogens is 2. The Morgan fingerprint density at radius 3 is 1.68 bits per heavy atom. The van der Waals surface area contributed by atoms with Gasteiger partial charge in [-0.15, -0.1) is 29.7 Å². The molecule has 34 heavy (non-hydrogen) atoms. The summed E-state index contributed by atoms with van der Waals surface area (Å²) in [6.45, 7) is 7.09. The number of benzene rings is 3. The predicted octanol–water partition coefficient (Wildman–Crippen LogP) is 8.69. The molecule has 0 aliphatic rings. The van der Waals surface area contributed by atoms with Crippen LogP contribution < -0.4 is 5.19 Å². The molecule has 0 saturated carbocycles. The fourth-order valence-corrected chi connectivity index (χ4v) is 9.20. The Hall–Kier alpha value is -1.83. The van der Waals surface area contributed by atoms with Crippen LogP contribution in [-0.2, 0) is 18.9 Å². The third-order valence-corrected chi connectivity index (χ3v) is 12.0. The second-order valence-electron chi connectivity index (χ2n) is 8.95. The normalized spacial score (nSPS) is 10.5. The van der Waals surface area contributed by atoms with E-state index in [1.165, 1.54) is 10.8 Å². The molecule has 0 aromatic heterocycles. The van der Waals surface area contributed by atoms with Crippen molar-refractivity contribution in [3.63, 3.8) is 0 Å². The molecular formula is C30H30Cl2SiZr-2. The van der Waals surface area contributed by atoms with Gasteiger partial charge < -0.3 is 0 Å². The van der Waals surface area contributed by atoms with Gasteiger partial charge in [-0.1, -0.05) is 25.7 Å².